The van der Waals surface area contributed by atoms with Crippen LogP contribution in [0.25, 0.3) is 0 Å². The molecule has 2 atom stereocenters. The van der Waals surface area contributed by atoms with Gasteiger partial charge in [-0.2, -0.15) is 0 Å². The first-order valence-electron chi connectivity index (χ1n) is 6.68. The Morgan fingerprint density at radius 2 is 2.11 bits per heavy atom. The Morgan fingerprint density at radius 3 is 2.79 bits per heavy atom. The first-order valence-corrected chi connectivity index (χ1v) is 6.68. The second kappa shape index (κ2) is 5.03. The number of carbonyl (C=O) groups excluding carboxylic acids is 1. The van der Waals surface area contributed by atoms with E-state index in [0.717, 1.165) is 13.1 Å². The second-order valence-corrected chi connectivity index (χ2v) is 5.23. The predicted octanol–water partition coefficient (Wildman–Crippen LogP) is 1.75. The van der Waals surface area contributed by atoms with Crippen LogP contribution in [0.4, 0.5) is 10.6 Å². The molecular formula is C13H18N4O2. The molecule has 1 saturated carbocycles. The Hall–Kier alpha value is -1.85. The van der Waals surface area contributed by atoms with Crippen molar-refractivity contribution in [3.8, 4) is 5.88 Å². The van der Waals surface area contributed by atoms with Gasteiger partial charge in [0.2, 0.25) is 5.88 Å². The van der Waals surface area contributed by atoms with E-state index in [1.54, 1.807) is 6.07 Å². The number of nitrogens with zero attached hydrogens (tertiary/aromatic N) is 3. The van der Waals surface area contributed by atoms with Gasteiger partial charge in [-0.1, -0.05) is 6.42 Å². The zero-order valence-electron chi connectivity index (χ0n) is 11.0. The summed E-state index contributed by atoms with van der Waals surface area (Å²) in [6.45, 7) is 1.75. The first kappa shape index (κ1) is 12.2. The van der Waals surface area contributed by atoms with Crippen molar-refractivity contribution in [1.82, 2.24) is 14.9 Å². The minimum Gasteiger partial charge on any atom is -0.481 e. The predicted molar refractivity (Wildman–Crippen MR) is 70.0 cm³/mol. The molecule has 6 heteroatoms. The molecule has 1 aromatic rings. The molecule has 0 bridgehead atoms. The third kappa shape index (κ3) is 2.47. The summed E-state index contributed by atoms with van der Waals surface area (Å²) in [6, 6.07) is 1.55. The highest BCUT2D eigenvalue weighted by atomic mass is 16.5. The highest BCUT2D eigenvalue weighted by Gasteiger charge is 2.38. The monoisotopic (exact) mass is 262 g/mol. The maximum Gasteiger partial charge on any atom is 0.323 e. The van der Waals surface area contributed by atoms with E-state index < -0.39 is 0 Å². The van der Waals surface area contributed by atoms with E-state index in [2.05, 4.69) is 15.3 Å². The van der Waals surface area contributed by atoms with Crippen LogP contribution in [0.2, 0.25) is 0 Å². The normalized spacial score (nSPS) is 25.2. The van der Waals surface area contributed by atoms with Gasteiger partial charge in [-0.3, -0.25) is 5.32 Å². The quantitative estimate of drug-likeness (QED) is 0.881. The molecule has 6 nitrogen and oxygen atoms in total. The van der Waals surface area contributed by atoms with E-state index in [9.17, 15) is 4.79 Å². The highest BCUT2D eigenvalue weighted by Crippen LogP contribution is 2.37. The lowest BCUT2D eigenvalue weighted by molar-refractivity contribution is 0.218. The summed E-state index contributed by atoms with van der Waals surface area (Å²) in [6.07, 6.45) is 5.21. The van der Waals surface area contributed by atoms with Crippen LogP contribution in [-0.4, -0.2) is 41.1 Å². The van der Waals surface area contributed by atoms with Crippen LogP contribution in [0.3, 0.4) is 0 Å². The lowest BCUT2D eigenvalue weighted by Gasteiger charge is -2.17. The van der Waals surface area contributed by atoms with Crippen LogP contribution >= 0.6 is 0 Å². The van der Waals surface area contributed by atoms with Gasteiger partial charge in [-0.15, -0.1) is 0 Å². The lowest BCUT2D eigenvalue weighted by atomic mass is 10.0. The minimum atomic E-state index is -0.0739. The molecule has 3 rings (SSSR count). The van der Waals surface area contributed by atoms with E-state index in [0.29, 0.717) is 23.5 Å². The van der Waals surface area contributed by atoms with E-state index in [-0.39, 0.29) is 6.03 Å². The van der Waals surface area contributed by atoms with Gasteiger partial charge in [0.1, 0.15) is 12.1 Å². The van der Waals surface area contributed by atoms with Crippen molar-refractivity contribution in [2.45, 2.75) is 19.3 Å². The maximum absolute atomic E-state index is 12.2. The number of nitrogens with one attached hydrogen (secondary N) is 1. The number of rotatable bonds is 2. The first-order chi connectivity index (χ1) is 9.26. The zero-order valence-corrected chi connectivity index (χ0v) is 11.0. The van der Waals surface area contributed by atoms with Gasteiger partial charge in [0.25, 0.3) is 0 Å². The van der Waals surface area contributed by atoms with E-state index >= 15 is 0 Å². The molecule has 1 saturated heterocycles. The second-order valence-electron chi connectivity index (χ2n) is 5.23. The van der Waals surface area contributed by atoms with Crippen LogP contribution in [0.5, 0.6) is 5.88 Å². The van der Waals surface area contributed by atoms with Crippen molar-refractivity contribution in [3.05, 3.63) is 12.4 Å². The number of anilines is 1. The number of urea groups is 1. The Balaban J connectivity index is 1.62. The van der Waals surface area contributed by atoms with Crippen molar-refractivity contribution in [1.29, 1.82) is 0 Å². The number of methoxy groups -OCH3 is 1. The minimum absolute atomic E-state index is 0.0739. The summed E-state index contributed by atoms with van der Waals surface area (Å²) in [5, 5.41) is 2.80. The molecule has 2 aliphatic rings. The van der Waals surface area contributed by atoms with Crippen molar-refractivity contribution >= 4 is 11.8 Å². The Labute approximate surface area is 112 Å². The molecule has 19 heavy (non-hydrogen) atoms. The van der Waals surface area contributed by atoms with Crippen LogP contribution in [0.1, 0.15) is 19.3 Å². The molecule has 102 valence electrons. The lowest BCUT2D eigenvalue weighted by Crippen LogP contribution is -2.33. The number of carbonyl (C=O) groups is 1. The Morgan fingerprint density at radius 1 is 1.37 bits per heavy atom. The third-order valence-corrected chi connectivity index (χ3v) is 4.10. The standard InChI is InChI=1S/C13H18N4O2/c1-19-12-5-11(14-8-15-12)16-13(18)17-6-9-3-2-4-10(9)7-17/h5,8-10H,2-4,6-7H2,1H3,(H,14,15,16,18). The largest absolute Gasteiger partial charge is 0.481 e. The Bertz CT molecular complexity index is 467. The van der Waals surface area contributed by atoms with Crippen LogP contribution < -0.4 is 10.1 Å². The summed E-state index contributed by atoms with van der Waals surface area (Å²) in [7, 11) is 1.54. The summed E-state index contributed by atoms with van der Waals surface area (Å²) in [5.74, 6) is 2.33. The number of hydrogen-bond donors (Lipinski definition) is 1. The van der Waals surface area contributed by atoms with E-state index in [4.69, 9.17) is 4.74 Å². The molecule has 0 radical (unpaired) electrons. The van der Waals surface area contributed by atoms with Crippen LogP contribution in [-0.2, 0) is 0 Å². The molecule has 2 unspecified atom stereocenters. The van der Waals surface area contributed by atoms with Gasteiger partial charge in [-0.25, -0.2) is 14.8 Å². The molecular weight excluding hydrogens is 244 g/mol. The molecule has 1 aromatic heterocycles. The number of likely N-dealkylation sites (tertiary alicyclic amines) is 1. The van der Waals surface area contributed by atoms with Gasteiger partial charge in [0.05, 0.1) is 7.11 Å². The third-order valence-electron chi connectivity index (χ3n) is 4.10. The van der Waals surface area contributed by atoms with Gasteiger partial charge < -0.3 is 9.64 Å². The molecule has 2 fully saturated rings. The molecule has 2 amide bonds. The molecule has 0 aromatic carbocycles. The molecule has 1 N–H and O–H groups in total. The topological polar surface area (TPSA) is 67.3 Å². The number of ether oxygens (including phenoxy) is 1. The smallest absolute Gasteiger partial charge is 0.323 e. The van der Waals surface area contributed by atoms with Crippen molar-refractivity contribution in [3.63, 3.8) is 0 Å². The maximum atomic E-state index is 12.2. The van der Waals surface area contributed by atoms with Crippen LogP contribution in [0.15, 0.2) is 12.4 Å². The number of amides is 2. The molecule has 1 aliphatic carbocycles. The highest BCUT2D eigenvalue weighted by molar-refractivity contribution is 5.88. The van der Waals surface area contributed by atoms with E-state index in [1.165, 1.54) is 32.7 Å². The summed E-state index contributed by atoms with van der Waals surface area (Å²) in [5.41, 5.74) is 0. The molecule has 1 aliphatic heterocycles. The van der Waals surface area contributed by atoms with Gasteiger partial charge in [0, 0.05) is 19.2 Å². The van der Waals surface area contributed by atoms with Crippen molar-refractivity contribution in [2.75, 3.05) is 25.5 Å². The zero-order chi connectivity index (χ0) is 13.2. The Kier molecular flexibility index (Phi) is 3.23. The summed E-state index contributed by atoms with van der Waals surface area (Å²) in [4.78, 5) is 22.0. The van der Waals surface area contributed by atoms with Gasteiger partial charge in [-0.05, 0) is 24.7 Å². The number of fused-ring (bicyclic) bond motifs is 1. The number of aromatic nitrogens is 2. The number of hydrogen-bond acceptors (Lipinski definition) is 4. The van der Waals surface area contributed by atoms with Crippen LogP contribution in [0, 0.1) is 11.8 Å². The van der Waals surface area contributed by atoms with Gasteiger partial charge in [0.15, 0.2) is 0 Å². The molecule has 0 spiro atoms. The average molecular weight is 262 g/mol. The average Bonchev–Trinajstić information content (AvgIpc) is 2.99. The fourth-order valence-electron chi connectivity index (χ4n) is 3.11. The van der Waals surface area contributed by atoms with E-state index in [1.807, 2.05) is 4.90 Å². The van der Waals surface area contributed by atoms with Crippen molar-refractivity contribution < 1.29 is 9.53 Å². The molecule has 2 heterocycles. The van der Waals surface area contributed by atoms with Crippen molar-refractivity contribution in [2.24, 2.45) is 11.8 Å². The fraction of sp³-hybridized carbons (Fsp3) is 0.615. The summed E-state index contributed by atoms with van der Waals surface area (Å²) >= 11 is 0. The van der Waals surface area contributed by atoms with Gasteiger partial charge >= 0.3 is 6.03 Å². The SMILES string of the molecule is COc1cc(NC(=O)N2CC3CCCC3C2)ncn1. The fourth-order valence-corrected chi connectivity index (χ4v) is 3.11. The summed E-state index contributed by atoms with van der Waals surface area (Å²) < 4.78 is 5.01.